The summed E-state index contributed by atoms with van der Waals surface area (Å²) in [5.41, 5.74) is 3.86. The molecule has 0 spiro atoms. The number of pyridine rings is 1. The Morgan fingerprint density at radius 1 is 1.33 bits per heavy atom. The van der Waals surface area contributed by atoms with Gasteiger partial charge in [0.1, 0.15) is 8.07 Å². The van der Waals surface area contributed by atoms with Crippen LogP contribution in [0.5, 0.6) is 0 Å². The van der Waals surface area contributed by atoms with Gasteiger partial charge in [0.15, 0.2) is 5.82 Å². The van der Waals surface area contributed by atoms with E-state index in [0.29, 0.717) is 11.4 Å². The van der Waals surface area contributed by atoms with E-state index in [9.17, 15) is 8.42 Å². The maximum absolute atomic E-state index is 11.5. The summed E-state index contributed by atoms with van der Waals surface area (Å²) in [5.74, 6) is 3.43. The van der Waals surface area contributed by atoms with Gasteiger partial charge in [-0.3, -0.25) is 4.31 Å². The number of hydrogen-bond acceptors (Lipinski definition) is 3. The molecule has 0 unspecified atom stereocenters. The van der Waals surface area contributed by atoms with Gasteiger partial charge >= 0.3 is 0 Å². The number of nitrogens with zero attached hydrogens (tertiary/aromatic N) is 2. The standard InChI is InChI=1S/C12H18N2O2SSi/c1-14(17(2,15)16)12-11(7-6-9-13-12)8-10-18(3,4)5/h6-7,9H,1-5H3. The lowest BCUT2D eigenvalue weighted by molar-refractivity contribution is 0.600. The fourth-order valence-electron chi connectivity index (χ4n) is 1.16. The highest BCUT2D eigenvalue weighted by Crippen LogP contribution is 2.17. The van der Waals surface area contributed by atoms with Crippen LogP contribution >= 0.6 is 0 Å². The number of aromatic nitrogens is 1. The second kappa shape index (κ2) is 5.12. The van der Waals surface area contributed by atoms with Crippen molar-refractivity contribution < 1.29 is 8.42 Å². The van der Waals surface area contributed by atoms with Gasteiger partial charge in [0.25, 0.3) is 0 Å². The van der Waals surface area contributed by atoms with Crippen molar-refractivity contribution in [3.05, 3.63) is 23.9 Å². The average molecular weight is 282 g/mol. The van der Waals surface area contributed by atoms with Crippen LogP contribution in [0.25, 0.3) is 0 Å². The summed E-state index contributed by atoms with van der Waals surface area (Å²) >= 11 is 0. The smallest absolute Gasteiger partial charge is 0.233 e. The van der Waals surface area contributed by atoms with E-state index in [0.717, 1.165) is 10.6 Å². The first-order valence-electron chi connectivity index (χ1n) is 5.53. The van der Waals surface area contributed by atoms with Gasteiger partial charge in [-0.2, -0.15) is 0 Å². The van der Waals surface area contributed by atoms with Gasteiger partial charge in [-0.1, -0.05) is 25.6 Å². The minimum absolute atomic E-state index is 0.380. The Balaban J connectivity index is 3.27. The fourth-order valence-corrected chi connectivity index (χ4v) is 2.13. The molecule has 0 aromatic carbocycles. The second-order valence-electron chi connectivity index (χ2n) is 5.11. The van der Waals surface area contributed by atoms with E-state index in [1.54, 1.807) is 18.3 Å². The van der Waals surface area contributed by atoms with Crippen LogP contribution in [0, 0.1) is 11.5 Å². The molecule has 0 N–H and O–H groups in total. The zero-order valence-electron chi connectivity index (χ0n) is 11.4. The van der Waals surface area contributed by atoms with Crippen molar-refractivity contribution in [2.75, 3.05) is 17.6 Å². The number of anilines is 1. The van der Waals surface area contributed by atoms with E-state index >= 15 is 0 Å². The SMILES string of the molecule is CN(c1ncccc1C#C[Si](C)(C)C)S(C)(=O)=O. The van der Waals surface area contributed by atoms with Crippen molar-refractivity contribution in [3.8, 4) is 11.5 Å². The van der Waals surface area contributed by atoms with Crippen molar-refractivity contribution in [1.29, 1.82) is 0 Å². The third-order valence-electron chi connectivity index (χ3n) is 2.15. The first-order chi connectivity index (χ1) is 8.11. The first kappa shape index (κ1) is 14.7. The Kier molecular flexibility index (Phi) is 4.19. The zero-order valence-corrected chi connectivity index (χ0v) is 13.2. The van der Waals surface area contributed by atoms with Crippen LogP contribution in [0.4, 0.5) is 5.82 Å². The predicted molar refractivity (Wildman–Crippen MR) is 77.7 cm³/mol. The van der Waals surface area contributed by atoms with Crippen LogP contribution in [0.1, 0.15) is 5.56 Å². The van der Waals surface area contributed by atoms with E-state index in [2.05, 4.69) is 36.1 Å². The topological polar surface area (TPSA) is 50.3 Å². The van der Waals surface area contributed by atoms with E-state index < -0.39 is 18.1 Å². The van der Waals surface area contributed by atoms with Crippen LogP contribution < -0.4 is 4.31 Å². The zero-order chi connectivity index (χ0) is 14.0. The summed E-state index contributed by atoms with van der Waals surface area (Å²) in [6, 6.07) is 3.55. The highest BCUT2D eigenvalue weighted by Gasteiger charge is 2.16. The Labute approximate surface area is 110 Å². The van der Waals surface area contributed by atoms with Gasteiger partial charge in [0, 0.05) is 13.2 Å². The maximum Gasteiger partial charge on any atom is 0.233 e. The normalized spacial score (nSPS) is 11.6. The Hall–Kier alpha value is -1.32. The van der Waals surface area contributed by atoms with E-state index in [1.807, 2.05) is 0 Å². The van der Waals surface area contributed by atoms with Gasteiger partial charge in [-0.05, 0) is 12.1 Å². The van der Waals surface area contributed by atoms with Gasteiger partial charge in [-0.15, -0.1) is 5.54 Å². The van der Waals surface area contributed by atoms with Crippen molar-refractivity contribution in [1.82, 2.24) is 4.98 Å². The molecule has 0 atom stereocenters. The van der Waals surface area contributed by atoms with E-state index in [1.165, 1.54) is 7.05 Å². The molecule has 0 saturated heterocycles. The summed E-state index contributed by atoms with van der Waals surface area (Å²) in [7, 11) is -3.33. The van der Waals surface area contributed by atoms with Crippen molar-refractivity contribution in [3.63, 3.8) is 0 Å². The minimum atomic E-state index is -3.32. The lowest BCUT2D eigenvalue weighted by Crippen LogP contribution is -2.26. The monoisotopic (exact) mass is 282 g/mol. The van der Waals surface area contributed by atoms with E-state index in [4.69, 9.17) is 0 Å². The van der Waals surface area contributed by atoms with Crippen LogP contribution in [-0.4, -0.2) is 34.8 Å². The van der Waals surface area contributed by atoms with Crippen molar-refractivity contribution in [2.24, 2.45) is 0 Å². The third kappa shape index (κ3) is 4.16. The molecule has 0 radical (unpaired) electrons. The molecule has 0 aliphatic heterocycles. The molecule has 98 valence electrons. The quantitative estimate of drug-likeness (QED) is 0.613. The third-order valence-corrected chi connectivity index (χ3v) is 4.20. The molecule has 0 amide bonds. The highest BCUT2D eigenvalue weighted by molar-refractivity contribution is 7.92. The molecule has 0 aliphatic carbocycles. The van der Waals surface area contributed by atoms with Gasteiger partial charge in [0.05, 0.1) is 11.8 Å². The summed E-state index contributed by atoms with van der Waals surface area (Å²) < 4.78 is 24.2. The fraction of sp³-hybridized carbons (Fsp3) is 0.417. The summed E-state index contributed by atoms with van der Waals surface area (Å²) in [4.78, 5) is 4.11. The Bertz CT molecular complexity index is 594. The number of sulfonamides is 1. The summed E-state index contributed by atoms with van der Waals surface area (Å²) in [5, 5.41) is 0. The van der Waals surface area contributed by atoms with Crippen molar-refractivity contribution >= 4 is 23.9 Å². The molecule has 0 aliphatic rings. The minimum Gasteiger partial charge on any atom is -0.256 e. The summed E-state index contributed by atoms with van der Waals surface area (Å²) in [6.45, 7) is 6.41. The molecule has 0 saturated carbocycles. The molecule has 0 bridgehead atoms. The lowest BCUT2D eigenvalue weighted by atomic mass is 10.3. The molecule has 0 fully saturated rings. The molecule has 1 aromatic rings. The average Bonchev–Trinajstić information content (AvgIpc) is 2.23. The van der Waals surface area contributed by atoms with E-state index in [-0.39, 0.29) is 0 Å². The van der Waals surface area contributed by atoms with Crippen molar-refractivity contribution in [2.45, 2.75) is 19.6 Å². The number of hydrogen-bond donors (Lipinski definition) is 0. The molecule has 1 rings (SSSR count). The maximum atomic E-state index is 11.5. The number of rotatable bonds is 2. The molecular weight excluding hydrogens is 264 g/mol. The lowest BCUT2D eigenvalue weighted by Gasteiger charge is -2.16. The molecular formula is C12H18N2O2SSi. The molecule has 18 heavy (non-hydrogen) atoms. The Morgan fingerprint density at radius 2 is 1.94 bits per heavy atom. The van der Waals surface area contributed by atoms with Crippen LogP contribution in [-0.2, 0) is 10.0 Å². The highest BCUT2D eigenvalue weighted by atomic mass is 32.2. The van der Waals surface area contributed by atoms with Crippen LogP contribution in [0.15, 0.2) is 18.3 Å². The molecule has 4 nitrogen and oxygen atoms in total. The second-order valence-corrected chi connectivity index (χ2v) is 11.9. The summed E-state index contributed by atoms with van der Waals surface area (Å²) in [6.07, 6.45) is 2.72. The first-order valence-corrected chi connectivity index (χ1v) is 10.9. The van der Waals surface area contributed by atoms with Gasteiger partial charge in [-0.25, -0.2) is 13.4 Å². The van der Waals surface area contributed by atoms with Gasteiger partial charge in [0.2, 0.25) is 10.0 Å². The largest absolute Gasteiger partial charge is 0.256 e. The van der Waals surface area contributed by atoms with Crippen LogP contribution in [0.3, 0.4) is 0 Å². The Morgan fingerprint density at radius 3 is 2.44 bits per heavy atom. The molecule has 6 heteroatoms. The molecule has 1 heterocycles. The predicted octanol–water partition coefficient (Wildman–Crippen LogP) is 1.71. The van der Waals surface area contributed by atoms with Gasteiger partial charge < -0.3 is 0 Å². The van der Waals surface area contributed by atoms with Crippen LogP contribution in [0.2, 0.25) is 19.6 Å². The molecule has 1 aromatic heterocycles.